The van der Waals surface area contributed by atoms with Gasteiger partial charge in [0.2, 0.25) is 5.91 Å². The van der Waals surface area contributed by atoms with E-state index in [0.717, 1.165) is 5.56 Å². The first-order chi connectivity index (χ1) is 12.1. The molecule has 0 spiro atoms. The Bertz CT molecular complexity index is 919. The van der Waals surface area contributed by atoms with Crippen LogP contribution in [0.5, 0.6) is 0 Å². The summed E-state index contributed by atoms with van der Waals surface area (Å²) in [7, 11) is 0. The van der Waals surface area contributed by atoms with Crippen molar-refractivity contribution in [3.63, 3.8) is 0 Å². The number of benzene rings is 2. The molecule has 25 heavy (non-hydrogen) atoms. The number of nitrogens with zero attached hydrogens (tertiary/aromatic N) is 1. The average molecular weight is 338 g/mol. The van der Waals surface area contributed by atoms with E-state index in [4.69, 9.17) is 4.74 Å². The number of H-pyrrole nitrogens is 1. The van der Waals surface area contributed by atoms with Gasteiger partial charge in [0.25, 0.3) is 0 Å². The van der Waals surface area contributed by atoms with E-state index in [9.17, 15) is 9.59 Å². The quantitative estimate of drug-likeness (QED) is 0.675. The lowest BCUT2D eigenvalue weighted by atomic mass is 10.2. The predicted molar refractivity (Wildman–Crippen MR) is 96.5 cm³/mol. The van der Waals surface area contributed by atoms with Crippen LogP contribution < -0.4 is 10.6 Å². The fourth-order valence-corrected chi connectivity index (χ4v) is 2.49. The van der Waals surface area contributed by atoms with Gasteiger partial charge in [-0.1, -0.05) is 30.3 Å². The van der Waals surface area contributed by atoms with Crippen LogP contribution in [0, 0.1) is 0 Å². The van der Waals surface area contributed by atoms with Gasteiger partial charge in [0.1, 0.15) is 11.3 Å². The molecule has 0 aliphatic heterocycles. The molecule has 7 heteroatoms. The molecule has 0 fully saturated rings. The Balaban J connectivity index is 2.06. The summed E-state index contributed by atoms with van der Waals surface area (Å²) >= 11 is 0. The molecule has 0 saturated heterocycles. The molecule has 2 amide bonds. The number of imidazole rings is 1. The van der Waals surface area contributed by atoms with E-state index in [1.807, 2.05) is 30.3 Å². The van der Waals surface area contributed by atoms with Crippen LogP contribution in [0.1, 0.15) is 13.8 Å². The number of carbonyl (C=O) groups is 2. The van der Waals surface area contributed by atoms with Gasteiger partial charge in [0, 0.05) is 18.2 Å². The Hall–Kier alpha value is -3.35. The molecule has 0 bridgehead atoms. The summed E-state index contributed by atoms with van der Waals surface area (Å²) in [6.45, 7) is 3.42. The van der Waals surface area contributed by atoms with E-state index in [-0.39, 0.29) is 12.5 Å². The van der Waals surface area contributed by atoms with E-state index in [1.54, 1.807) is 19.1 Å². The summed E-state index contributed by atoms with van der Waals surface area (Å²) < 4.78 is 4.89. The Morgan fingerprint density at radius 3 is 2.60 bits per heavy atom. The fourth-order valence-electron chi connectivity index (χ4n) is 2.49. The third-order valence-electron chi connectivity index (χ3n) is 3.47. The normalized spacial score (nSPS) is 10.5. The lowest BCUT2D eigenvalue weighted by molar-refractivity contribution is -0.114. The second-order valence-electron chi connectivity index (χ2n) is 5.40. The minimum Gasteiger partial charge on any atom is -0.450 e. The molecule has 0 aliphatic rings. The van der Waals surface area contributed by atoms with Crippen molar-refractivity contribution in [2.24, 2.45) is 0 Å². The van der Waals surface area contributed by atoms with Crippen molar-refractivity contribution >= 4 is 34.4 Å². The number of aromatic nitrogens is 2. The van der Waals surface area contributed by atoms with E-state index < -0.39 is 6.09 Å². The molecular formula is C18H18N4O3. The summed E-state index contributed by atoms with van der Waals surface area (Å²) in [6, 6.07) is 13.0. The molecule has 0 aliphatic carbocycles. The molecular weight excluding hydrogens is 320 g/mol. The van der Waals surface area contributed by atoms with Gasteiger partial charge in [-0.2, -0.15) is 0 Å². The molecule has 3 aromatic rings. The highest BCUT2D eigenvalue weighted by Crippen LogP contribution is 2.29. The van der Waals surface area contributed by atoms with E-state index >= 15 is 0 Å². The number of fused-ring (bicyclic) bond motifs is 1. The van der Waals surface area contributed by atoms with Gasteiger partial charge in [0.15, 0.2) is 0 Å². The summed E-state index contributed by atoms with van der Waals surface area (Å²) in [6.07, 6.45) is -0.557. The Morgan fingerprint density at radius 2 is 1.92 bits per heavy atom. The fraction of sp³-hybridized carbons (Fsp3) is 0.167. The number of aromatic amines is 1. The molecule has 3 rings (SSSR count). The van der Waals surface area contributed by atoms with E-state index in [1.165, 1.54) is 6.92 Å². The van der Waals surface area contributed by atoms with Crippen LogP contribution in [0.25, 0.3) is 22.4 Å². The van der Waals surface area contributed by atoms with Crippen LogP contribution >= 0.6 is 0 Å². The average Bonchev–Trinajstić information content (AvgIpc) is 3.00. The predicted octanol–water partition coefficient (Wildman–Crippen LogP) is 3.76. The lowest BCUT2D eigenvalue weighted by Crippen LogP contribution is -2.14. The van der Waals surface area contributed by atoms with Gasteiger partial charge in [-0.25, -0.2) is 9.78 Å². The first-order valence-electron chi connectivity index (χ1n) is 7.87. The highest BCUT2D eigenvalue weighted by atomic mass is 16.5. The Labute approximate surface area is 144 Å². The van der Waals surface area contributed by atoms with Crippen LogP contribution in [0.3, 0.4) is 0 Å². The SMILES string of the molecule is CCOC(=O)Nc1cc(NC(C)=O)c2nc(-c3ccccc3)[nH]c2c1. The summed E-state index contributed by atoms with van der Waals surface area (Å²) in [5.74, 6) is 0.453. The minimum atomic E-state index is -0.557. The second-order valence-corrected chi connectivity index (χ2v) is 5.40. The molecule has 7 nitrogen and oxygen atoms in total. The van der Waals surface area contributed by atoms with Crippen molar-refractivity contribution in [2.75, 3.05) is 17.2 Å². The zero-order valence-corrected chi connectivity index (χ0v) is 13.9. The molecule has 2 aromatic carbocycles. The van der Waals surface area contributed by atoms with E-state index in [0.29, 0.717) is 28.2 Å². The third kappa shape index (κ3) is 3.77. The van der Waals surface area contributed by atoms with Crippen molar-refractivity contribution in [3.8, 4) is 11.4 Å². The largest absolute Gasteiger partial charge is 0.450 e. The van der Waals surface area contributed by atoms with Crippen molar-refractivity contribution in [2.45, 2.75) is 13.8 Å². The number of nitrogens with one attached hydrogen (secondary N) is 3. The van der Waals surface area contributed by atoms with Gasteiger partial charge in [-0.15, -0.1) is 0 Å². The van der Waals surface area contributed by atoms with Gasteiger partial charge in [-0.05, 0) is 19.1 Å². The lowest BCUT2D eigenvalue weighted by Gasteiger charge is -2.08. The molecule has 1 heterocycles. The van der Waals surface area contributed by atoms with Crippen molar-refractivity contribution in [3.05, 3.63) is 42.5 Å². The number of rotatable bonds is 4. The number of hydrogen-bond acceptors (Lipinski definition) is 4. The van der Waals surface area contributed by atoms with E-state index in [2.05, 4.69) is 20.6 Å². The third-order valence-corrected chi connectivity index (χ3v) is 3.47. The van der Waals surface area contributed by atoms with Crippen LogP contribution in [-0.4, -0.2) is 28.6 Å². The van der Waals surface area contributed by atoms with Crippen LogP contribution in [0.15, 0.2) is 42.5 Å². The van der Waals surface area contributed by atoms with Gasteiger partial charge in [0.05, 0.1) is 17.8 Å². The van der Waals surface area contributed by atoms with Gasteiger partial charge < -0.3 is 15.0 Å². The van der Waals surface area contributed by atoms with Crippen LogP contribution in [-0.2, 0) is 9.53 Å². The monoisotopic (exact) mass is 338 g/mol. The maximum atomic E-state index is 11.7. The number of carbonyl (C=O) groups excluding carboxylic acids is 2. The second kappa shape index (κ2) is 7.04. The number of amides is 2. The topological polar surface area (TPSA) is 96.1 Å². The molecule has 3 N–H and O–H groups in total. The molecule has 0 saturated carbocycles. The van der Waals surface area contributed by atoms with Crippen molar-refractivity contribution < 1.29 is 14.3 Å². The molecule has 0 radical (unpaired) electrons. The highest BCUT2D eigenvalue weighted by molar-refractivity contribution is 6.02. The van der Waals surface area contributed by atoms with Crippen molar-refractivity contribution in [1.29, 1.82) is 0 Å². The van der Waals surface area contributed by atoms with Crippen molar-refractivity contribution in [1.82, 2.24) is 9.97 Å². The first kappa shape index (κ1) is 16.5. The van der Waals surface area contributed by atoms with Crippen LogP contribution in [0.2, 0.25) is 0 Å². The molecule has 1 aromatic heterocycles. The molecule has 128 valence electrons. The number of anilines is 2. The smallest absolute Gasteiger partial charge is 0.411 e. The maximum absolute atomic E-state index is 11.7. The minimum absolute atomic E-state index is 0.223. The maximum Gasteiger partial charge on any atom is 0.411 e. The van der Waals surface area contributed by atoms with Gasteiger partial charge in [-0.3, -0.25) is 10.1 Å². The zero-order chi connectivity index (χ0) is 17.8. The highest BCUT2D eigenvalue weighted by Gasteiger charge is 2.13. The standard InChI is InChI=1S/C18H18N4O3/c1-3-25-18(24)20-13-9-14(19-11(2)23)16-15(10-13)21-17(22-16)12-7-5-4-6-8-12/h4-10H,3H2,1-2H3,(H,19,23)(H,20,24)(H,21,22). The number of ether oxygens (including phenoxy) is 1. The summed E-state index contributed by atoms with van der Waals surface area (Å²) in [5.41, 5.74) is 3.24. The van der Waals surface area contributed by atoms with Crippen LogP contribution in [0.4, 0.5) is 16.2 Å². The summed E-state index contributed by atoms with van der Waals surface area (Å²) in [5, 5.41) is 5.38. The Morgan fingerprint density at radius 1 is 1.16 bits per heavy atom. The van der Waals surface area contributed by atoms with Gasteiger partial charge >= 0.3 is 6.09 Å². The number of hydrogen-bond donors (Lipinski definition) is 3. The molecule has 0 atom stereocenters. The summed E-state index contributed by atoms with van der Waals surface area (Å²) in [4.78, 5) is 31.0. The first-order valence-corrected chi connectivity index (χ1v) is 7.87. The molecule has 0 unspecified atom stereocenters. The Kier molecular flexibility index (Phi) is 4.65. The zero-order valence-electron chi connectivity index (χ0n) is 13.9.